The molecule has 0 bridgehead atoms. The predicted molar refractivity (Wildman–Crippen MR) is 90.8 cm³/mol. The summed E-state index contributed by atoms with van der Waals surface area (Å²) in [5.41, 5.74) is 2.63. The van der Waals surface area contributed by atoms with Crippen molar-refractivity contribution >= 4 is 22.8 Å². The van der Waals surface area contributed by atoms with Gasteiger partial charge in [-0.05, 0) is 23.1 Å². The number of hydrogen-bond donors (Lipinski definition) is 2. The molecule has 1 atom stereocenters. The number of carboxylic acid groups (broad SMARTS) is 1. The second-order valence-corrected chi connectivity index (χ2v) is 7.16. The van der Waals surface area contributed by atoms with Crippen LogP contribution in [0.2, 0.25) is 0 Å². The molecule has 124 valence electrons. The number of nitrogens with zero attached hydrogens (tertiary/aromatic N) is 1. The summed E-state index contributed by atoms with van der Waals surface area (Å²) in [5.74, 6) is -1.71. The molecule has 5 nitrogen and oxygen atoms in total. The Morgan fingerprint density at radius 2 is 1.91 bits per heavy atom. The summed E-state index contributed by atoms with van der Waals surface area (Å²) >= 11 is 0. The quantitative estimate of drug-likeness (QED) is 0.909. The molecule has 2 aromatic rings. The van der Waals surface area contributed by atoms with Crippen molar-refractivity contribution in [1.29, 1.82) is 0 Å². The Labute approximate surface area is 136 Å². The fourth-order valence-corrected chi connectivity index (χ4v) is 2.49. The largest absolute Gasteiger partial charge is 0.481 e. The monoisotopic (exact) mass is 316 g/mol. The van der Waals surface area contributed by atoms with Crippen LogP contribution in [0.15, 0.2) is 24.3 Å². The van der Waals surface area contributed by atoms with Gasteiger partial charge in [0.25, 0.3) is 5.91 Å². The molecule has 1 aromatic heterocycles. The number of carbonyl (C=O) groups excluding carboxylic acids is 1. The summed E-state index contributed by atoms with van der Waals surface area (Å²) in [6, 6.07) is 7.95. The molecule has 1 amide bonds. The molecule has 1 unspecified atom stereocenters. The van der Waals surface area contributed by atoms with Gasteiger partial charge >= 0.3 is 5.97 Å². The van der Waals surface area contributed by atoms with E-state index in [1.54, 1.807) is 14.0 Å². The summed E-state index contributed by atoms with van der Waals surface area (Å²) in [6.45, 7) is 8.20. The zero-order valence-corrected chi connectivity index (χ0v) is 14.3. The van der Waals surface area contributed by atoms with Crippen molar-refractivity contribution in [2.45, 2.75) is 33.1 Å². The number of nitrogens with one attached hydrogen (secondary N) is 1. The zero-order chi connectivity index (χ0) is 17.4. The van der Waals surface area contributed by atoms with Gasteiger partial charge in [0, 0.05) is 24.5 Å². The number of carboxylic acids is 1. The topological polar surface area (TPSA) is 73.4 Å². The Balaban J connectivity index is 2.26. The maximum absolute atomic E-state index is 12.5. The van der Waals surface area contributed by atoms with Crippen LogP contribution in [0.25, 0.3) is 10.9 Å². The normalized spacial score (nSPS) is 13.1. The van der Waals surface area contributed by atoms with Crippen LogP contribution in [0.3, 0.4) is 0 Å². The Morgan fingerprint density at radius 3 is 2.48 bits per heavy atom. The van der Waals surface area contributed by atoms with Gasteiger partial charge in [-0.1, -0.05) is 39.8 Å². The van der Waals surface area contributed by atoms with E-state index in [2.05, 4.69) is 37.9 Å². The van der Waals surface area contributed by atoms with Crippen molar-refractivity contribution in [3.8, 4) is 0 Å². The van der Waals surface area contributed by atoms with Gasteiger partial charge in [-0.2, -0.15) is 0 Å². The smallest absolute Gasteiger partial charge is 0.308 e. The number of rotatable bonds is 4. The van der Waals surface area contributed by atoms with Crippen molar-refractivity contribution in [3.63, 3.8) is 0 Å². The summed E-state index contributed by atoms with van der Waals surface area (Å²) in [4.78, 5) is 28.0. The number of aromatic amines is 1. The number of H-pyrrole nitrogens is 1. The maximum atomic E-state index is 12.5. The number of carbonyl (C=O) groups is 2. The maximum Gasteiger partial charge on any atom is 0.308 e. The van der Waals surface area contributed by atoms with E-state index in [4.69, 9.17) is 5.11 Å². The third kappa shape index (κ3) is 3.73. The van der Waals surface area contributed by atoms with E-state index in [-0.39, 0.29) is 17.9 Å². The van der Waals surface area contributed by atoms with Crippen molar-refractivity contribution in [2.75, 3.05) is 13.6 Å². The van der Waals surface area contributed by atoms with Crippen LogP contribution < -0.4 is 0 Å². The third-order valence-electron chi connectivity index (χ3n) is 4.03. The molecular weight excluding hydrogens is 292 g/mol. The van der Waals surface area contributed by atoms with Gasteiger partial charge in [0.05, 0.1) is 5.92 Å². The Hall–Kier alpha value is -2.30. The Kier molecular flexibility index (Phi) is 4.50. The SMILES string of the molecule is CC(CN(C)C(=O)c1cc2ccc(C(C)(C)C)cc2[nH]1)C(=O)O. The summed E-state index contributed by atoms with van der Waals surface area (Å²) < 4.78 is 0. The third-order valence-corrected chi connectivity index (χ3v) is 4.03. The Morgan fingerprint density at radius 1 is 1.26 bits per heavy atom. The first kappa shape index (κ1) is 17.1. The molecule has 0 aliphatic carbocycles. The van der Waals surface area contributed by atoms with Gasteiger partial charge in [-0.3, -0.25) is 9.59 Å². The number of hydrogen-bond acceptors (Lipinski definition) is 2. The fourth-order valence-electron chi connectivity index (χ4n) is 2.49. The molecule has 23 heavy (non-hydrogen) atoms. The van der Waals surface area contributed by atoms with E-state index in [0.29, 0.717) is 5.69 Å². The molecular formula is C18H24N2O3. The molecule has 1 heterocycles. The fraction of sp³-hybridized carbons (Fsp3) is 0.444. The van der Waals surface area contributed by atoms with Crippen molar-refractivity contribution in [3.05, 3.63) is 35.5 Å². The van der Waals surface area contributed by atoms with Crippen LogP contribution in [0, 0.1) is 5.92 Å². The first-order chi connectivity index (χ1) is 10.6. The summed E-state index contributed by atoms with van der Waals surface area (Å²) in [7, 11) is 1.62. The van der Waals surface area contributed by atoms with Crippen LogP contribution in [0.5, 0.6) is 0 Å². The molecule has 0 aliphatic heterocycles. The minimum Gasteiger partial charge on any atom is -0.481 e. The highest BCUT2D eigenvalue weighted by Crippen LogP contribution is 2.26. The lowest BCUT2D eigenvalue weighted by molar-refractivity contribution is -0.141. The highest BCUT2D eigenvalue weighted by molar-refractivity contribution is 5.98. The van der Waals surface area contributed by atoms with Gasteiger partial charge in [0.2, 0.25) is 0 Å². The van der Waals surface area contributed by atoms with Crippen molar-refractivity contribution < 1.29 is 14.7 Å². The van der Waals surface area contributed by atoms with E-state index in [0.717, 1.165) is 10.9 Å². The molecule has 0 spiro atoms. The predicted octanol–water partition coefficient (Wildman–Crippen LogP) is 3.26. The number of benzene rings is 1. The van der Waals surface area contributed by atoms with Crippen LogP contribution in [0.4, 0.5) is 0 Å². The molecule has 0 aliphatic rings. The van der Waals surface area contributed by atoms with Gasteiger partial charge < -0.3 is 15.0 Å². The molecule has 5 heteroatoms. The second-order valence-electron chi connectivity index (χ2n) is 7.16. The molecule has 0 radical (unpaired) electrons. The van der Waals surface area contributed by atoms with E-state index in [1.165, 1.54) is 10.5 Å². The second kappa shape index (κ2) is 6.07. The lowest BCUT2D eigenvalue weighted by atomic mass is 9.87. The number of aromatic nitrogens is 1. The first-order valence-electron chi connectivity index (χ1n) is 7.71. The average Bonchev–Trinajstić information content (AvgIpc) is 2.87. The van der Waals surface area contributed by atoms with E-state index in [1.807, 2.05) is 12.1 Å². The molecule has 0 saturated heterocycles. The summed E-state index contributed by atoms with van der Waals surface area (Å²) in [5, 5.41) is 9.93. The van der Waals surface area contributed by atoms with Crippen LogP contribution in [0.1, 0.15) is 43.7 Å². The van der Waals surface area contributed by atoms with Gasteiger partial charge in [0.15, 0.2) is 0 Å². The summed E-state index contributed by atoms with van der Waals surface area (Å²) in [6.07, 6.45) is 0. The molecule has 2 rings (SSSR count). The van der Waals surface area contributed by atoms with E-state index in [9.17, 15) is 9.59 Å². The molecule has 2 N–H and O–H groups in total. The van der Waals surface area contributed by atoms with Gasteiger partial charge in [0.1, 0.15) is 5.69 Å². The van der Waals surface area contributed by atoms with Gasteiger partial charge in [-0.15, -0.1) is 0 Å². The first-order valence-corrected chi connectivity index (χ1v) is 7.71. The number of aliphatic carboxylic acids is 1. The number of fused-ring (bicyclic) bond motifs is 1. The standard InChI is InChI=1S/C18H24N2O3/c1-11(17(22)23)10-20(5)16(21)15-8-12-6-7-13(18(2,3)4)9-14(12)19-15/h6-9,11,19H,10H2,1-5H3,(H,22,23). The Bertz CT molecular complexity index is 740. The minimum atomic E-state index is -0.906. The molecule has 1 aromatic carbocycles. The van der Waals surface area contributed by atoms with Crippen molar-refractivity contribution in [2.24, 2.45) is 5.92 Å². The van der Waals surface area contributed by atoms with E-state index < -0.39 is 11.9 Å². The molecule has 0 fully saturated rings. The highest BCUT2D eigenvalue weighted by Gasteiger charge is 2.20. The number of amides is 1. The highest BCUT2D eigenvalue weighted by atomic mass is 16.4. The van der Waals surface area contributed by atoms with Crippen molar-refractivity contribution in [1.82, 2.24) is 9.88 Å². The van der Waals surface area contributed by atoms with Crippen LogP contribution >= 0.6 is 0 Å². The molecule has 0 saturated carbocycles. The van der Waals surface area contributed by atoms with Crippen LogP contribution in [-0.2, 0) is 10.2 Å². The van der Waals surface area contributed by atoms with Gasteiger partial charge in [-0.25, -0.2) is 0 Å². The average molecular weight is 316 g/mol. The van der Waals surface area contributed by atoms with E-state index >= 15 is 0 Å². The van der Waals surface area contributed by atoms with Crippen LogP contribution in [-0.4, -0.2) is 40.5 Å². The lowest BCUT2D eigenvalue weighted by Gasteiger charge is -2.19. The lowest BCUT2D eigenvalue weighted by Crippen LogP contribution is -2.33. The minimum absolute atomic E-state index is 0.0389. The zero-order valence-electron chi connectivity index (χ0n) is 14.3.